The van der Waals surface area contributed by atoms with Crippen molar-refractivity contribution in [3.8, 4) is 10.6 Å². The van der Waals surface area contributed by atoms with Gasteiger partial charge >= 0.3 is 0 Å². The average molecular weight is 343 g/mol. The summed E-state index contributed by atoms with van der Waals surface area (Å²) < 4.78 is 0. The first kappa shape index (κ1) is 17.1. The highest BCUT2D eigenvalue weighted by atomic mass is 32.1. The minimum Gasteiger partial charge on any atom is -0.338 e. The monoisotopic (exact) mass is 343 g/mol. The smallest absolute Gasteiger partial charge is 0.228 e. The van der Waals surface area contributed by atoms with Gasteiger partial charge in [0.2, 0.25) is 5.91 Å². The normalized spacial score (nSPS) is 21.0. The molecule has 5 heteroatoms. The minimum atomic E-state index is 0.151. The van der Waals surface area contributed by atoms with Gasteiger partial charge in [0.15, 0.2) is 0 Å². The zero-order chi connectivity index (χ0) is 17.1. The molecule has 1 aromatic heterocycles. The zero-order valence-electron chi connectivity index (χ0n) is 14.4. The number of nitrogens with zero attached hydrogens (tertiary/aromatic N) is 2. The molecular weight excluding hydrogens is 318 g/mol. The van der Waals surface area contributed by atoms with E-state index < -0.39 is 0 Å². The summed E-state index contributed by atoms with van der Waals surface area (Å²) in [6, 6.07) is 8.51. The molecule has 4 nitrogen and oxygen atoms in total. The van der Waals surface area contributed by atoms with Crippen LogP contribution in [0.25, 0.3) is 10.6 Å². The van der Waals surface area contributed by atoms with Gasteiger partial charge in [-0.1, -0.05) is 36.8 Å². The quantitative estimate of drug-likeness (QED) is 0.927. The van der Waals surface area contributed by atoms with E-state index in [0.29, 0.717) is 18.9 Å². The summed E-state index contributed by atoms with van der Waals surface area (Å²) in [6.45, 7) is 5.67. The van der Waals surface area contributed by atoms with Crippen LogP contribution in [0.1, 0.15) is 31.0 Å². The first-order valence-electron chi connectivity index (χ1n) is 8.57. The molecule has 3 rings (SSSR count). The van der Waals surface area contributed by atoms with Crippen LogP contribution in [0.2, 0.25) is 0 Å². The van der Waals surface area contributed by atoms with E-state index in [2.05, 4.69) is 43.1 Å². The van der Waals surface area contributed by atoms with Crippen molar-refractivity contribution >= 4 is 17.2 Å². The zero-order valence-corrected chi connectivity index (χ0v) is 15.2. The number of hydrogen-bond donors (Lipinski definition) is 1. The number of piperidine rings is 1. The number of likely N-dealkylation sites (tertiary alicyclic amines) is 1. The fourth-order valence-corrected chi connectivity index (χ4v) is 4.10. The Balaban J connectivity index is 1.68. The summed E-state index contributed by atoms with van der Waals surface area (Å²) >= 11 is 1.60. The SMILES string of the molecule is Cc1ccc(-c2nc(CC(=O)N3CCC(C)CC3CN)cs2)cc1. The molecule has 2 heterocycles. The van der Waals surface area contributed by atoms with Gasteiger partial charge in [-0.15, -0.1) is 11.3 Å². The average Bonchev–Trinajstić information content (AvgIpc) is 3.03. The Hall–Kier alpha value is -1.72. The van der Waals surface area contributed by atoms with E-state index >= 15 is 0 Å². The number of aromatic nitrogens is 1. The van der Waals surface area contributed by atoms with E-state index in [1.54, 1.807) is 11.3 Å². The van der Waals surface area contributed by atoms with Crippen LogP contribution in [0.4, 0.5) is 0 Å². The van der Waals surface area contributed by atoms with Crippen molar-refractivity contribution in [2.24, 2.45) is 11.7 Å². The number of benzene rings is 1. The van der Waals surface area contributed by atoms with Gasteiger partial charge in [-0.3, -0.25) is 4.79 Å². The summed E-state index contributed by atoms with van der Waals surface area (Å²) in [4.78, 5) is 19.3. The molecule has 2 aromatic rings. The second-order valence-electron chi connectivity index (χ2n) is 6.79. The molecule has 128 valence electrons. The van der Waals surface area contributed by atoms with Gasteiger partial charge in [0, 0.05) is 30.1 Å². The van der Waals surface area contributed by atoms with Crippen LogP contribution in [0.15, 0.2) is 29.6 Å². The number of thiazole rings is 1. The van der Waals surface area contributed by atoms with E-state index in [-0.39, 0.29) is 11.9 Å². The lowest BCUT2D eigenvalue weighted by atomic mass is 9.92. The molecule has 1 aromatic carbocycles. The molecule has 0 aliphatic carbocycles. The first-order valence-corrected chi connectivity index (χ1v) is 9.45. The van der Waals surface area contributed by atoms with E-state index in [0.717, 1.165) is 35.7 Å². The van der Waals surface area contributed by atoms with Crippen LogP contribution in [0.5, 0.6) is 0 Å². The first-order chi connectivity index (χ1) is 11.6. The maximum absolute atomic E-state index is 12.7. The Labute approximate surface area is 147 Å². The third-order valence-electron chi connectivity index (χ3n) is 4.75. The topological polar surface area (TPSA) is 59.2 Å². The van der Waals surface area contributed by atoms with Crippen molar-refractivity contribution in [2.45, 2.75) is 39.2 Å². The fourth-order valence-electron chi connectivity index (χ4n) is 3.28. The third-order valence-corrected chi connectivity index (χ3v) is 5.69. The Bertz CT molecular complexity index is 695. The molecule has 0 spiro atoms. The van der Waals surface area contributed by atoms with Crippen molar-refractivity contribution in [3.63, 3.8) is 0 Å². The van der Waals surface area contributed by atoms with E-state index in [4.69, 9.17) is 5.73 Å². The highest BCUT2D eigenvalue weighted by molar-refractivity contribution is 7.13. The van der Waals surface area contributed by atoms with Crippen molar-refractivity contribution < 1.29 is 4.79 Å². The molecule has 2 atom stereocenters. The molecule has 2 N–H and O–H groups in total. The number of hydrogen-bond acceptors (Lipinski definition) is 4. The second-order valence-corrected chi connectivity index (χ2v) is 7.65. The summed E-state index contributed by atoms with van der Waals surface area (Å²) in [6.07, 6.45) is 2.44. The van der Waals surface area contributed by atoms with Crippen molar-refractivity contribution in [1.29, 1.82) is 0 Å². The van der Waals surface area contributed by atoms with Gasteiger partial charge in [-0.05, 0) is 25.7 Å². The Morgan fingerprint density at radius 2 is 2.12 bits per heavy atom. The Morgan fingerprint density at radius 3 is 2.83 bits per heavy atom. The highest BCUT2D eigenvalue weighted by Crippen LogP contribution is 2.26. The molecule has 1 saturated heterocycles. The number of carbonyl (C=O) groups is 1. The van der Waals surface area contributed by atoms with E-state index in [1.807, 2.05) is 10.3 Å². The number of carbonyl (C=O) groups excluding carboxylic acids is 1. The number of aryl methyl sites for hydroxylation is 1. The van der Waals surface area contributed by atoms with Gasteiger partial charge in [-0.2, -0.15) is 0 Å². The highest BCUT2D eigenvalue weighted by Gasteiger charge is 2.29. The van der Waals surface area contributed by atoms with Crippen LogP contribution >= 0.6 is 11.3 Å². The lowest BCUT2D eigenvalue weighted by Crippen LogP contribution is -2.49. The minimum absolute atomic E-state index is 0.151. The van der Waals surface area contributed by atoms with Crippen LogP contribution in [-0.4, -0.2) is 34.9 Å². The lowest BCUT2D eigenvalue weighted by Gasteiger charge is -2.38. The molecule has 1 aliphatic heterocycles. The van der Waals surface area contributed by atoms with Crippen LogP contribution in [0, 0.1) is 12.8 Å². The van der Waals surface area contributed by atoms with Crippen LogP contribution in [-0.2, 0) is 11.2 Å². The lowest BCUT2D eigenvalue weighted by molar-refractivity contribution is -0.134. The molecular formula is C19H25N3OS. The van der Waals surface area contributed by atoms with E-state index in [1.165, 1.54) is 5.56 Å². The number of rotatable bonds is 4. The summed E-state index contributed by atoms with van der Waals surface area (Å²) in [5.74, 6) is 0.799. The Morgan fingerprint density at radius 1 is 1.38 bits per heavy atom. The van der Waals surface area contributed by atoms with Crippen molar-refractivity contribution in [1.82, 2.24) is 9.88 Å². The third kappa shape index (κ3) is 3.84. The largest absolute Gasteiger partial charge is 0.338 e. The van der Waals surface area contributed by atoms with Crippen molar-refractivity contribution in [3.05, 3.63) is 40.9 Å². The summed E-state index contributed by atoms with van der Waals surface area (Å²) in [7, 11) is 0. The van der Waals surface area contributed by atoms with Crippen LogP contribution in [0.3, 0.4) is 0 Å². The van der Waals surface area contributed by atoms with Gasteiger partial charge in [0.05, 0.1) is 12.1 Å². The number of amides is 1. The molecule has 0 saturated carbocycles. The maximum atomic E-state index is 12.7. The summed E-state index contributed by atoms with van der Waals surface area (Å²) in [5, 5.41) is 2.97. The van der Waals surface area contributed by atoms with Gasteiger partial charge in [0.25, 0.3) is 0 Å². The predicted molar refractivity (Wildman–Crippen MR) is 98.9 cm³/mol. The van der Waals surface area contributed by atoms with Gasteiger partial charge < -0.3 is 10.6 Å². The predicted octanol–water partition coefficient (Wildman–Crippen LogP) is 3.25. The molecule has 0 radical (unpaired) electrons. The summed E-state index contributed by atoms with van der Waals surface area (Å²) in [5.41, 5.74) is 9.07. The molecule has 24 heavy (non-hydrogen) atoms. The molecule has 1 amide bonds. The van der Waals surface area contributed by atoms with E-state index in [9.17, 15) is 4.79 Å². The second kappa shape index (κ2) is 7.45. The standard InChI is InChI=1S/C19H25N3OS/c1-13-3-5-15(6-4-13)19-21-16(12-24-19)10-18(23)22-8-7-14(2)9-17(22)11-20/h3-6,12,14,17H,7-11,20H2,1-2H3. The Kier molecular flexibility index (Phi) is 5.31. The molecule has 0 bridgehead atoms. The molecule has 1 fully saturated rings. The van der Waals surface area contributed by atoms with Gasteiger partial charge in [0.1, 0.15) is 5.01 Å². The fraction of sp³-hybridized carbons (Fsp3) is 0.474. The maximum Gasteiger partial charge on any atom is 0.228 e. The van der Waals surface area contributed by atoms with Gasteiger partial charge in [-0.25, -0.2) is 4.98 Å². The molecule has 1 aliphatic rings. The van der Waals surface area contributed by atoms with Crippen molar-refractivity contribution in [2.75, 3.05) is 13.1 Å². The number of nitrogens with two attached hydrogens (primary N) is 1. The molecule has 2 unspecified atom stereocenters. The van der Waals surface area contributed by atoms with Crippen LogP contribution < -0.4 is 5.73 Å².